The van der Waals surface area contributed by atoms with Crippen LogP contribution in [0.3, 0.4) is 0 Å². The van der Waals surface area contributed by atoms with Gasteiger partial charge in [-0.25, -0.2) is 9.97 Å². The summed E-state index contributed by atoms with van der Waals surface area (Å²) in [7, 11) is 0. The average molecular weight is 279 g/mol. The molecule has 0 saturated carbocycles. The number of hydrogen-bond acceptors (Lipinski definition) is 4. The highest BCUT2D eigenvalue weighted by Crippen LogP contribution is 2.26. The highest BCUT2D eigenvalue weighted by Gasteiger charge is 2.03. The topological polar surface area (TPSA) is 52.1 Å². The number of hydrogen-bond donors (Lipinski definition) is 0. The van der Waals surface area contributed by atoms with E-state index in [2.05, 4.69) is 25.9 Å². The summed E-state index contributed by atoms with van der Waals surface area (Å²) in [6.07, 6.45) is 3.50. The van der Waals surface area contributed by atoms with Crippen molar-refractivity contribution in [3.05, 3.63) is 46.7 Å². The monoisotopic (exact) mass is 278 g/mol. The van der Waals surface area contributed by atoms with Crippen LogP contribution in [0.1, 0.15) is 10.4 Å². The lowest BCUT2D eigenvalue weighted by Crippen LogP contribution is -1.93. The van der Waals surface area contributed by atoms with E-state index in [0.717, 1.165) is 4.47 Å². The number of carbonyl (C=O) groups is 1. The lowest BCUT2D eigenvalue weighted by Gasteiger charge is -2.04. The number of halogens is 1. The molecule has 1 aromatic heterocycles. The first-order valence-electron chi connectivity index (χ1n) is 4.49. The third-order valence-electron chi connectivity index (χ3n) is 1.82. The van der Waals surface area contributed by atoms with Gasteiger partial charge in [0.1, 0.15) is 5.75 Å². The summed E-state index contributed by atoms with van der Waals surface area (Å²) in [4.78, 5) is 18.2. The van der Waals surface area contributed by atoms with E-state index < -0.39 is 0 Å². The number of carbonyl (C=O) groups excluding carboxylic acids is 1. The van der Waals surface area contributed by atoms with Crippen LogP contribution in [0.4, 0.5) is 0 Å². The van der Waals surface area contributed by atoms with Crippen molar-refractivity contribution in [3.8, 4) is 11.8 Å². The molecule has 2 aromatic rings. The number of nitrogens with zero attached hydrogens (tertiary/aromatic N) is 2. The Balaban J connectivity index is 2.21. The van der Waals surface area contributed by atoms with Crippen LogP contribution >= 0.6 is 15.9 Å². The third-order valence-corrected chi connectivity index (χ3v) is 2.48. The molecule has 0 amide bonds. The molecule has 0 N–H and O–H groups in total. The zero-order valence-electron chi connectivity index (χ0n) is 8.13. The Morgan fingerprint density at radius 1 is 1.19 bits per heavy atom. The van der Waals surface area contributed by atoms with Gasteiger partial charge < -0.3 is 4.74 Å². The van der Waals surface area contributed by atoms with Crippen LogP contribution in [0.15, 0.2) is 41.1 Å². The van der Waals surface area contributed by atoms with Crippen LogP contribution in [0.5, 0.6) is 11.8 Å². The molecule has 16 heavy (non-hydrogen) atoms. The molecule has 80 valence electrons. The van der Waals surface area contributed by atoms with Gasteiger partial charge >= 0.3 is 6.01 Å². The molecule has 0 unspecified atom stereocenters. The first kappa shape index (κ1) is 10.8. The molecule has 0 bridgehead atoms. The number of benzene rings is 1. The van der Waals surface area contributed by atoms with Crippen molar-refractivity contribution in [1.82, 2.24) is 9.97 Å². The first-order chi connectivity index (χ1) is 7.79. The number of aldehydes is 1. The zero-order valence-corrected chi connectivity index (χ0v) is 9.72. The smallest absolute Gasteiger partial charge is 0.321 e. The fraction of sp³-hybridized carbons (Fsp3) is 0. The minimum Gasteiger partial charge on any atom is -0.423 e. The lowest BCUT2D eigenvalue weighted by atomic mass is 10.3. The SMILES string of the molecule is O=Cc1cnc(Oc2ccccc2Br)nc1. The Kier molecular flexibility index (Phi) is 3.26. The maximum atomic E-state index is 10.4. The van der Waals surface area contributed by atoms with Crippen molar-refractivity contribution in [2.24, 2.45) is 0 Å². The van der Waals surface area contributed by atoms with Crippen molar-refractivity contribution in [2.75, 3.05) is 0 Å². The Bertz CT molecular complexity index is 500. The number of aromatic nitrogens is 2. The third kappa shape index (κ3) is 2.43. The number of ether oxygens (including phenoxy) is 1. The van der Waals surface area contributed by atoms with Crippen LogP contribution in [0, 0.1) is 0 Å². The largest absolute Gasteiger partial charge is 0.423 e. The maximum Gasteiger partial charge on any atom is 0.321 e. The molecule has 0 aliphatic carbocycles. The van der Waals surface area contributed by atoms with E-state index >= 15 is 0 Å². The van der Waals surface area contributed by atoms with E-state index in [1.54, 1.807) is 6.07 Å². The van der Waals surface area contributed by atoms with Crippen molar-refractivity contribution in [1.29, 1.82) is 0 Å². The van der Waals surface area contributed by atoms with Gasteiger partial charge in [0.15, 0.2) is 6.29 Å². The fourth-order valence-electron chi connectivity index (χ4n) is 1.07. The zero-order chi connectivity index (χ0) is 11.4. The molecule has 1 heterocycles. The Morgan fingerprint density at radius 2 is 1.88 bits per heavy atom. The number of rotatable bonds is 3. The standard InChI is InChI=1S/C11H7BrN2O2/c12-9-3-1-2-4-10(9)16-11-13-5-8(7-15)6-14-11/h1-7H. The summed E-state index contributed by atoms with van der Waals surface area (Å²) in [5, 5.41) is 0. The summed E-state index contributed by atoms with van der Waals surface area (Å²) in [6.45, 7) is 0. The van der Waals surface area contributed by atoms with Crippen LogP contribution in [-0.2, 0) is 0 Å². The van der Waals surface area contributed by atoms with E-state index in [1.165, 1.54) is 12.4 Å². The van der Waals surface area contributed by atoms with Gasteiger partial charge in [0.2, 0.25) is 0 Å². The maximum absolute atomic E-state index is 10.4. The molecule has 0 aliphatic heterocycles. The summed E-state index contributed by atoms with van der Waals surface area (Å²) in [5.41, 5.74) is 0.416. The van der Waals surface area contributed by atoms with Crippen molar-refractivity contribution in [3.63, 3.8) is 0 Å². The van der Waals surface area contributed by atoms with Crippen LogP contribution in [0.25, 0.3) is 0 Å². The predicted molar refractivity (Wildman–Crippen MR) is 61.6 cm³/mol. The summed E-state index contributed by atoms with van der Waals surface area (Å²) in [6, 6.07) is 7.58. The van der Waals surface area contributed by atoms with Gasteiger partial charge in [0.05, 0.1) is 10.0 Å². The van der Waals surface area contributed by atoms with E-state index in [0.29, 0.717) is 17.6 Å². The van der Waals surface area contributed by atoms with Gasteiger partial charge in [-0.05, 0) is 28.1 Å². The van der Waals surface area contributed by atoms with Gasteiger partial charge in [0, 0.05) is 12.4 Å². The molecule has 0 spiro atoms. The lowest BCUT2D eigenvalue weighted by molar-refractivity contribution is 0.112. The molecule has 0 saturated heterocycles. The van der Waals surface area contributed by atoms with Gasteiger partial charge in [-0.1, -0.05) is 12.1 Å². The normalized spacial score (nSPS) is 9.81. The minimum absolute atomic E-state index is 0.206. The van der Waals surface area contributed by atoms with Crippen molar-refractivity contribution < 1.29 is 9.53 Å². The summed E-state index contributed by atoms with van der Waals surface area (Å²) >= 11 is 3.35. The molecule has 0 fully saturated rings. The van der Waals surface area contributed by atoms with E-state index in [-0.39, 0.29) is 6.01 Å². The summed E-state index contributed by atoms with van der Waals surface area (Å²) in [5.74, 6) is 0.626. The number of para-hydroxylation sites is 1. The van der Waals surface area contributed by atoms with Gasteiger partial charge in [-0.2, -0.15) is 0 Å². The minimum atomic E-state index is 0.206. The Labute approximate surface area is 100 Å². The molecule has 5 heteroatoms. The second kappa shape index (κ2) is 4.85. The van der Waals surface area contributed by atoms with E-state index in [1.807, 2.05) is 18.2 Å². The van der Waals surface area contributed by atoms with Gasteiger partial charge in [-0.15, -0.1) is 0 Å². The molecule has 1 aromatic carbocycles. The van der Waals surface area contributed by atoms with Crippen LogP contribution in [-0.4, -0.2) is 16.3 Å². The second-order valence-corrected chi connectivity index (χ2v) is 3.80. The van der Waals surface area contributed by atoms with Crippen molar-refractivity contribution in [2.45, 2.75) is 0 Å². The highest BCUT2D eigenvalue weighted by atomic mass is 79.9. The average Bonchev–Trinajstić information content (AvgIpc) is 2.33. The fourth-order valence-corrected chi connectivity index (χ4v) is 1.43. The molecule has 4 nitrogen and oxygen atoms in total. The summed E-state index contributed by atoms with van der Waals surface area (Å²) < 4.78 is 6.24. The first-order valence-corrected chi connectivity index (χ1v) is 5.28. The molecular weight excluding hydrogens is 272 g/mol. The van der Waals surface area contributed by atoms with Crippen LogP contribution in [0.2, 0.25) is 0 Å². The Morgan fingerprint density at radius 3 is 2.50 bits per heavy atom. The van der Waals surface area contributed by atoms with Gasteiger partial charge in [0.25, 0.3) is 0 Å². The molecule has 2 rings (SSSR count). The molecule has 0 atom stereocenters. The quantitative estimate of drug-likeness (QED) is 0.811. The molecule has 0 radical (unpaired) electrons. The van der Waals surface area contributed by atoms with E-state index in [4.69, 9.17) is 4.74 Å². The second-order valence-electron chi connectivity index (χ2n) is 2.95. The predicted octanol–water partition coefficient (Wildman–Crippen LogP) is 2.84. The van der Waals surface area contributed by atoms with Gasteiger partial charge in [-0.3, -0.25) is 4.79 Å². The molecule has 0 aliphatic rings. The Hall–Kier alpha value is -1.75. The van der Waals surface area contributed by atoms with Crippen molar-refractivity contribution >= 4 is 22.2 Å². The van der Waals surface area contributed by atoms with Crippen LogP contribution < -0.4 is 4.74 Å². The highest BCUT2D eigenvalue weighted by molar-refractivity contribution is 9.10. The van der Waals surface area contributed by atoms with E-state index in [9.17, 15) is 4.79 Å². The molecular formula is C11H7BrN2O2.